The number of rotatable bonds is 4. The van der Waals surface area contributed by atoms with E-state index in [0.29, 0.717) is 0 Å². The summed E-state index contributed by atoms with van der Waals surface area (Å²) in [5.41, 5.74) is 4.11. The highest BCUT2D eigenvalue weighted by Crippen LogP contribution is 2.36. The van der Waals surface area contributed by atoms with E-state index in [1.54, 1.807) is 11.9 Å². The van der Waals surface area contributed by atoms with Crippen molar-refractivity contribution in [3.05, 3.63) is 72.1 Å². The van der Waals surface area contributed by atoms with Gasteiger partial charge in [-0.25, -0.2) is 4.68 Å². The van der Waals surface area contributed by atoms with Crippen LogP contribution >= 0.6 is 11.9 Å². The number of fused-ring (bicyclic) bond motifs is 2. The number of nitrogens with zero attached hydrogens (tertiary/aromatic N) is 3. The molecular formula is C24H24N4OS. The number of aryl methyl sites for hydroxylation is 2. The molecule has 1 N–H and O–H groups in total. The van der Waals surface area contributed by atoms with Crippen LogP contribution in [0.3, 0.4) is 0 Å². The Kier molecular flexibility index (Phi) is 4.66. The molecule has 4 aromatic rings. The summed E-state index contributed by atoms with van der Waals surface area (Å²) in [5.74, 6) is 1.93. The van der Waals surface area contributed by atoms with E-state index in [1.807, 2.05) is 36.0 Å². The summed E-state index contributed by atoms with van der Waals surface area (Å²) in [4.78, 5) is 5.62. The van der Waals surface area contributed by atoms with Gasteiger partial charge >= 0.3 is 0 Å². The van der Waals surface area contributed by atoms with Crippen LogP contribution in [-0.4, -0.2) is 20.4 Å². The average molecular weight is 417 g/mol. The molecule has 1 aliphatic rings. The van der Waals surface area contributed by atoms with E-state index in [0.717, 1.165) is 51.6 Å². The Morgan fingerprint density at radius 2 is 2.00 bits per heavy atom. The molecule has 0 saturated heterocycles. The van der Waals surface area contributed by atoms with E-state index in [4.69, 9.17) is 9.84 Å². The van der Waals surface area contributed by atoms with Crippen LogP contribution in [0, 0.1) is 6.92 Å². The monoisotopic (exact) mass is 416 g/mol. The van der Waals surface area contributed by atoms with Crippen molar-refractivity contribution in [2.45, 2.75) is 44.1 Å². The van der Waals surface area contributed by atoms with Gasteiger partial charge in [0.05, 0.1) is 16.9 Å². The molecule has 152 valence electrons. The first-order chi connectivity index (χ1) is 14.5. The summed E-state index contributed by atoms with van der Waals surface area (Å²) in [6, 6.07) is 18.6. The van der Waals surface area contributed by atoms with Crippen molar-refractivity contribution in [2.24, 2.45) is 0 Å². The number of hydrogen-bond donors (Lipinski definition) is 1. The Bertz CT molecular complexity index is 1230. The zero-order valence-corrected chi connectivity index (χ0v) is 18.2. The zero-order chi connectivity index (χ0) is 20.7. The van der Waals surface area contributed by atoms with Gasteiger partial charge in [-0.05, 0) is 93.6 Å². The zero-order valence-electron chi connectivity index (χ0n) is 17.3. The Labute approximate surface area is 180 Å². The van der Waals surface area contributed by atoms with E-state index < -0.39 is 0 Å². The summed E-state index contributed by atoms with van der Waals surface area (Å²) < 4.78 is 11.6. The highest BCUT2D eigenvalue weighted by atomic mass is 32.2. The molecule has 3 heterocycles. The van der Waals surface area contributed by atoms with Crippen LogP contribution in [0.25, 0.3) is 16.6 Å². The fourth-order valence-electron chi connectivity index (χ4n) is 3.84. The molecule has 0 aliphatic carbocycles. The highest BCUT2D eigenvalue weighted by Gasteiger charge is 2.26. The molecule has 0 unspecified atom stereocenters. The standard InChI is InChI=1S/C24H24N4OS/c1-16-14-23(28(26-16)21-8-4-7-20-19(21)6-5-13-25-20)27-30-18-9-10-22-17(15-18)11-12-24(2,3)29-22/h4-10,13-15,27H,11-12H2,1-3H3. The minimum Gasteiger partial charge on any atom is -0.488 e. The number of ether oxygens (including phenoxy) is 1. The van der Waals surface area contributed by atoms with Crippen molar-refractivity contribution < 1.29 is 4.74 Å². The molecule has 5 rings (SSSR count). The number of anilines is 1. The second-order valence-electron chi connectivity index (χ2n) is 8.27. The molecule has 0 radical (unpaired) electrons. The van der Waals surface area contributed by atoms with Gasteiger partial charge in [0, 0.05) is 22.5 Å². The van der Waals surface area contributed by atoms with Crippen molar-refractivity contribution in [3.63, 3.8) is 0 Å². The number of pyridine rings is 1. The maximum absolute atomic E-state index is 6.11. The summed E-state index contributed by atoms with van der Waals surface area (Å²) >= 11 is 1.59. The third-order valence-electron chi connectivity index (χ3n) is 5.37. The SMILES string of the molecule is Cc1cc(NSc2ccc3c(c2)CCC(C)(C)O3)n(-c2cccc3ncccc23)n1. The van der Waals surface area contributed by atoms with E-state index in [1.165, 1.54) is 5.56 Å². The van der Waals surface area contributed by atoms with Gasteiger partial charge in [-0.15, -0.1) is 0 Å². The maximum atomic E-state index is 6.11. The molecular weight excluding hydrogens is 392 g/mol. The molecule has 0 amide bonds. The van der Waals surface area contributed by atoms with Gasteiger partial charge in [-0.1, -0.05) is 6.07 Å². The Balaban J connectivity index is 1.42. The molecule has 0 fully saturated rings. The first kappa shape index (κ1) is 19.0. The topological polar surface area (TPSA) is 52.0 Å². The predicted molar refractivity (Wildman–Crippen MR) is 123 cm³/mol. The smallest absolute Gasteiger partial charge is 0.140 e. The van der Waals surface area contributed by atoms with Crippen LogP contribution in [0.4, 0.5) is 5.82 Å². The fourth-order valence-corrected chi connectivity index (χ4v) is 4.54. The first-order valence-corrected chi connectivity index (χ1v) is 11.0. The normalized spacial score (nSPS) is 14.9. The lowest BCUT2D eigenvalue weighted by Crippen LogP contribution is -2.32. The molecule has 30 heavy (non-hydrogen) atoms. The second-order valence-corrected chi connectivity index (χ2v) is 9.15. The van der Waals surface area contributed by atoms with Crippen molar-refractivity contribution in [3.8, 4) is 11.4 Å². The summed E-state index contributed by atoms with van der Waals surface area (Å²) in [7, 11) is 0. The quantitative estimate of drug-likeness (QED) is 0.417. The lowest BCUT2D eigenvalue weighted by atomic mass is 9.94. The highest BCUT2D eigenvalue weighted by molar-refractivity contribution is 8.00. The van der Waals surface area contributed by atoms with Gasteiger partial charge in [0.1, 0.15) is 17.2 Å². The van der Waals surface area contributed by atoms with Crippen molar-refractivity contribution in [1.29, 1.82) is 0 Å². The number of nitrogens with one attached hydrogen (secondary N) is 1. The molecule has 6 heteroatoms. The third-order valence-corrected chi connectivity index (χ3v) is 6.17. The second kappa shape index (κ2) is 7.36. The van der Waals surface area contributed by atoms with Crippen LogP contribution in [0.5, 0.6) is 5.75 Å². The van der Waals surface area contributed by atoms with E-state index >= 15 is 0 Å². The Morgan fingerprint density at radius 1 is 1.10 bits per heavy atom. The molecule has 1 aliphatic heterocycles. The molecule has 0 bridgehead atoms. The minimum atomic E-state index is -0.0861. The molecule has 0 atom stereocenters. The summed E-state index contributed by atoms with van der Waals surface area (Å²) in [5, 5.41) is 5.80. The fraction of sp³-hybridized carbons (Fsp3) is 0.250. The van der Waals surface area contributed by atoms with Gasteiger partial charge in [0.15, 0.2) is 0 Å². The van der Waals surface area contributed by atoms with Crippen LogP contribution < -0.4 is 9.46 Å². The van der Waals surface area contributed by atoms with Gasteiger partial charge in [-0.2, -0.15) is 5.10 Å². The number of aromatic nitrogens is 3. The third kappa shape index (κ3) is 3.63. The van der Waals surface area contributed by atoms with Crippen LogP contribution in [-0.2, 0) is 6.42 Å². The van der Waals surface area contributed by atoms with Gasteiger partial charge in [0.2, 0.25) is 0 Å². The van der Waals surface area contributed by atoms with Gasteiger partial charge < -0.3 is 9.46 Å². The summed E-state index contributed by atoms with van der Waals surface area (Å²) in [6.07, 6.45) is 3.88. The van der Waals surface area contributed by atoms with Crippen molar-refractivity contribution in [2.75, 3.05) is 4.72 Å². The van der Waals surface area contributed by atoms with Crippen LogP contribution in [0.1, 0.15) is 31.5 Å². The molecule has 0 spiro atoms. The lowest BCUT2D eigenvalue weighted by Gasteiger charge is -2.32. The van der Waals surface area contributed by atoms with Gasteiger partial charge in [0.25, 0.3) is 0 Å². The van der Waals surface area contributed by atoms with E-state index in [9.17, 15) is 0 Å². The predicted octanol–water partition coefficient (Wildman–Crippen LogP) is 5.95. The van der Waals surface area contributed by atoms with E-state index in [-0.39, 0.29) is 5.60 Å². The number of hydrogen-bond acceptors (Lipinski definition) is 5. The van der Waals surface area contributed by atoms with Crippen LogP contribution in [0.2, 0.25) is 0 Å². The van der Waals surface area contributed by atoms with E-state index in [2.05, 4.69) is 60.0 Å². The Morgan fingerprint density at radius 3 is 2.90 bits per heavy atom. The van der Waals surface area contributed by atoms with Crippen LogP contribution in [0.15, 0.2) is 65.7 Å². The maximum Gasteiger partial charge on any atom is 0.140 e. The molecule has 5 nitrogen and oxygen atoms in total. The first-order valence-electron chi connectivity index (χ1n) is 10.1. The van der Waals surface area contributed by atoms with Crippen molar-refractivity contribution in [1.82, 2.24) is 14.8 Å². The molecule has 2 aromatic heterocycles. The van der Waals surface area contributed by atoms with Crippen molar-refractivity contribution >= 4 is 28.7 Å². The van der Waals surface area contributed by atoms with Gasteiger partial charge in [-0.3, -0.25) is 4.98 Å². The average Bonchev–Trinajstić information content (AvgIpc) is 3.11. The largest absolute Gasteiger partial charge is 0.488 e. The Hall–Kier alpha value is -2.99. The molecule has 0 saturated carbocycles. The minimum absolute atomic E-state index is 0.0861. The summed E-state index contributed by atoms with van der Waals surface area (Å²) in [6.45, 7) is 6.30. The lowest BCUT2D eigenvalue weighted by molar-refractivity contribution is 0.0845. The molecule has 2 aromatic carbocycles. The number of benzene rings is 2.